The Morgan fingerprint density at radius 1 is 1.22 bits per heavy atom. The maximum absolute atomic E-state index is 5.54. The Morgan fingerprint density at radius 2 is 1.96 bits per heavy atom. The summed E-state index contributed by atoms with van der Waals surface area (Å²) in [6, 6.07) is 10.2. The van der Waals surface area contributed by atoms with Crippen molar-refractivity contribution in [2.75, 3.05) is 6.54 Å². The summed E-state index contributed by atoms with van der Waals surface area (Å²) in [5.41, 5.74) is 1.79. The van der Waals surface area contributed by atoms with Crippen molar-refractivity contribution in [3.63, 3.8) is 0 Å². The average molecular weight is 314 g/mol. The van der Waals surface area contributed by atoms with E-state index in [-0.39, 0.29) is 0 Å². The van der Waals surface area contributed by atoms with Gasteiger partial charge in [-0.2, -0.15) is 0 Å². The van der Waals surface area contributed by atoms with Crippen LogP contribution in [-0.4, -0.2) is 23.5 Å². The summed E-state index contributed by atoms with van der Waals surface area (Å²) in [6.07, 6.45) is 1.67. The number of hydrogen-bond donors (Lipinski definition) is 2. The van der Waals surface area contributed by atoms with Crippen molar-refractivity contribution in [2.24, 2.45) is 10.9 Å². The molecule has 23 heavy (non-hydrogen) atoms. The van der Waals surface area contributed by atoms with Gasteiger partial charge < -0.3 is 15.1 Å². The van der Waals surface area contributed by atoms with Crippen molar-refractivity contribution in [3.8, 4) is 11.5 Å². The summed E-state index contributed by atoms with van der Waals surface area (Å²) in [6.45, 7) is 9.89. The van der Waals surface area contributed by atoms with E-state index in [4.69, 9.17) is 4.42 Å². The summed E-state index contributed by atoms with van der Waals surface area (Å²) in [4.78, 5) is 9.08. The van der Waals surface area contributed by atoms with E-state index >= 15 is 0 Å². The lowest BCUT2D eigenvalue weighted by atomic mass is 10.1. The Morgan fingerprint density at radius 3 is 2.61 bits per heavy atom. The lowest BCUT2D eigenvalue weighted by Gasteiger charge is -2.20. The molecule has 0 amide bonds. The number of nitrogens with zero attached hydrogens (tertiary/aromatic N) is 2. The van der Waals surface area contributed by atoms with Crippen molar-refractivity contribution in [2.45, 2.75) is 40.3 Å². The van der Waals surface area contributed by atoms with E-state index in [1.807, 2.05) is 30.3 Å². The highest BCUT2D eigenvalue weighted by atomic mass is 16.3. The quantitative estimate of drug-likeness (QED) is 0.633. The molecule has 0 saturated heterocycles. The zero-order valence-electron chi connectivity index (χ0n) is 14.3. The summed E-state index contributed by atoms with van der Waals surface area (Å²) < 4.78 is 5.54. The summed E-state index contributed by atoms with van der Waals surface area (Å²) in [5, 5.41) is 6.66. The number of rotatable bonds is 6. The van der Waals surface area contributed by atoms with Gasteiger partial charge in [-0.15, -0.1) is 0 Å². The second-order valence-electron chi connectivity index (χ2n) is 5.88. The molecule has 2 N–H and O–H groups in total. The molecular formula is C18H26N4O. The highest BCUT2D eigenvalue weighted by Gasteiger charge is 2.10. The number of aliphatic imine (C=N–C) groups is 1. The molecule has 1 unspecified atom stereocenters. The van der Waals surface area contributed by atoms with Gasteiger partial charge in [-0.3, -0.25) is 0 Å². The third-order valence-corrected chi connectivity index (χ3v) is 3.68. The molecule has 1 aromatic carbocycles. The predicted molar refractivity (Wildman–Crippen MR) is 94.2 cm³/mol. The van der Waals surface area contributed by atoms with Crippen LogP contribution in [0.4, 0.5) is 0 Å². The van der Waals surface area contributed by atoms with E-state index in [0.29, 0.717) is 24.4 Å². The van der Waals surface area contributed by atoms with E-state index in [1.165, 1.54) is 0 Å². The number of hydrogen-bond acceptors (Lipinski definition) is 3. The molecule has 0 aliphatic carbocycles. The zero-order valence-corrected chi connectivity index (χ0v) is 14.3. The fraction of sp³-hybridized carbons (Fsp3) is 0.444. The van der Waals surface area contributed by atoms with Gasteiger partial charge in [0.05, 0.1) is 6.54 Å². The summed E-state index contributed by atoms with van der Waals surface area (Å²) in [5.74, 6) is 1.97. The van der Waals surface area contributed by atoms with E-state index in [9.17, 15) is 0 Å². The Hall–Kier alpha value is -2.30. The molecule has 2 aromatic rings. The Bertz CT molecular complexity index is 619. The van der Waals surface area contributed by atoms with Crippen molar-refractivity contribution in [1.82, 2.24) is 15.6 Å². The lowest BCUT2D eigenvalue weighted by molar-refractivity contribution is 0.481. The van der Waals surface area contributed by atoms with Crippen molar-refractivity contribution in [3.05, 3.63) is 42.3 Å². The highest BCUT2D eigenvalue weighted by molar-refractivity contribution is 5.80. The first-order chi connectivity index (χ1) is 11.1. The maximum Gasteiger partial charge on any atom is 0.226 e. The first kappa shape index (κ1) is 17.1. The molecule has 0 saturated carbocycles. The predicted octanol–water partition coefficient (Wildman–Crippen LogP) is 3.44. The van der Waals surface area contributed by atoms with Gasteiger partial charge in [-0.25, -0.2) is 9.98 Å². The van der Waals surface area contributed by atoms with Crippen LogP contribution in [0.3, 0.4) is 0 Å². The van der Waals surface area contributed by atoms with Crippen LogP contribution < -0.4 is 10.6 Å². The van der Waals surface area contributed by atoms with E-state index in [2.05, 4.69) is 48.3 Å². The summed E-state index contributed by atoms with van der Waals surface area (Å²) >= 11 is 0. The number of guanidine groups is 1. The molecule has 124 valence electrons. The molecule has 1 heterocycles. The molecule has 5 nitrogen and oxygen atoms in total. The van der Waals surface area contributed by atoms with Crippen molar-refractivity contribution >= 4 is 5.96 Å². The summed E-state index contributed by atoms with van der Waals surface area (Å²) in [7, 11) is 0. The van der Waals surface area contributed by atoms with Gasteiger partial charge in [-0.1, -0.05) is 32.0 Å². The van der Waals surface area contributed by atoms with E-state index < -0.39 is 0 Å². The number of benzene rings is 1. The minimum atomic E-state index is 0.352. The minimum Gasteiger partial charge on any atom is -0.444 e. The molecular weight excluding hydrogens is 288 g/mol. The molecule has 0 radical (unpaired) electrons. The Balaban J connectivity index is 2.03. The zero-order chi connectivity index (χ0) is 16.7. The van der Waals surface area contributed by atoms with Gasteiger partial charge in [0.25, 0.3) is 0 Å². The molecule has 1 atom stereocenters. The smallest absolute Gasteiger partial charge is 0.226 e. The third kappa shape index (κ3) is 5.13. The van der Waals surface area contributed by atoms with Crippen LogP contribution in [0, 0.1) is 5.92 Å². The molecule has 0 spiro atoms. The molecule has 1 aromatic heterocycles. The van der Waals surface area contributed by atoms with Crippen LogP contribution in [0.15, 0.2) is 46.0 Å². The molecule has 2 rings (SSSR count). The van der Waals surface area contributed by atoms with Crippen LogP contribution in [0.1, 0.15) is 33.4 Å². The van der Waals surface area contributed by atoms with Crippen LogP contribution in [0.5, 0.6) is 0 Å². The van der Waals surface area contributed by atoms with Crippen LogP contribution >= 0.6 is 0 Å². The van der Waals surface area contributed by atoms with Gasteiger partial charge in [0.2, 0.25) is 5.89 Å². The van der Waals surface area contributed by atoms with Gasteiger partial charge in [0.1, 0.15) is 12.0 Å². The molecule has 0 bridgehead atoms. The van der Waals surface area contributed by atoms with Gasteiger partial charge in [-0.05, 0) is 31.9 Å². The SMILES string of the molecule is CCNC(=NCc1coc(-c2ccccc2)n1)NC(C)C(C)C. The monoisotopic (exact) mass is 314 g/mol. The molecule has 0 fully saturated rings. The molecule has 5 heteroatoms. The molecule has 0 aliphatic heterocycles. The fourth-order valence-corrected chi connectivity index (χ4v) is 1.96. The van der Waals surface area contributed by atoms with Gasteiger partial charge >= 0.3 is 0 Å². The second kappa shape index (κ2) is 8.36. The fourth-order valence-electron chi connectivity index (χ4n) is 1.96. The van der Waals surface area contributed by atoms with E-state index in [1.54, 1.807) is 6.26 Å². The number of aromatic nitrogens is 1. The lowest BCUT2D eigenvalue weighted by Crippen LogP contribution is -2.44. The standard InChI is InChI=1S/C18H26N4O/c1-5-19-18(21-14(4)13(2)3)20-11-16-12-23-17(22-16)15-9-7-6-8-10-15/h6-10,12-14H,5,11H2,1-4H3,(H2,19,20,21). The Kier molecular flexibility index (Phi) is 6.20. The second-order valence-corrected chi connectivity index (χ2v) is 5.88. The van der Waals surface area contributed by atoms with Gasteiger partial charge in [0, 0.05) is 18.2 Å². The highest BCUT2D eigenvalue weighted by Crippen LogP contribution is 2.18. The van der Waals surface area contributed by atoms with Crippen molar-refractivity contribution < 1.29 is 4.42 Å². The maximum atomic E-state index is 5.54. The average Bonchev–Trinajstić information content (AvgIpc) is 3.02. The van der Waals surface area contributed by atoms with Crippen molar-refractivity contribution in [1.29, 1.82) is 0 Å². The topological polar surface area (TPSA) is 62.5 Å². The number of oxazole rings is 1. The van der Waals surface area contributed by atoms with E-state index in [0.717, 1.165) is 23.8 Å². The largest absolute Gasteiger partial charge is 0.444 e. The number of nitrogens with one attached hydrogen (secondary N) is 2. The third-order valence-electron chi connectivity index (χ3n) is 3.68. The first-order valence-electron chi connectivity index (χ1n) is 8.14. The van der Waals surface area contributed by atoms with Crippen LogP contribution in [0.25, 0.3) is 11.5 Å². The minimum absolute atomic E-state index is 0.352. The normalized spacial score (nSPS) is 13.2. The Labute approximate surface area is 138 Å². The van der Waals surface area contributed by atoms with Gasteiger partial charge in [0.15, 0.2) is 5.96 Å². The molecule has 0 aliphatic rings. The van der Waals surface area contributed by atoms with Crippen LogP contribution in [0.2, 0.25) is 0 Å². The van der Waals surface area contributed by atoms with Crippen LogP contribution in [-0.2, 0) is 6.54 Å². The first-order valence-corrected chi connectivity index (χ1v) is 8.14.